The van der Waals surface area contributed by atoms with Gasteiger partial charge in [0.15, 0.2) is 6.23 Å². The number of nitrogens with one attached hydrogen (secondary N) is 1. The molecule has 0 spiro atoms. The Labute approximate surface area is 107 Å². The van der Waals surface area contributed by atoms with E-state index in [2.05, 4.69) is 4.98 Å². The number of hydrogen-bond donors (Lipinski definition) is 3. The molecule has 0 aromatic carbocycles. The number of hydrogen-bond acceptors (Lipinski definition) is 6. The summed E-state index contributed by atoms with van der Waals surface area (Å²) in [5.74, 6) is 0. The van der Waals surface area contributed by atoms with Crippen LogP contribution < -0.4 is 11.2 Å². The fraction of sp³-hybridized carbons (Fsp3) is 0.636. The summed E-state index contributed by atoms with van der Waals surface area (Å²) in [6.07, 6.45) is -1.00. The molecule has 4 atom stereocenters. The molecule has 3 heterocycles. The van der Waals surface area contributed by atoms with Gasteiger partial charge in [-0.2, -0.15) is 0 Å². The van der Waals surface area contributed by atoms with Crippen molar-refractivity contribution in [3.63, 3.8) is 0 Å². The normalized spacial score (nSPS) is 37.5. The molecule has 4 unspecified atom stereocenters. The summed E-state index contributed by atoms with van der Waals surface area (Å²) >= 11 is 0. The first kappa shape index (κ1) is 12.5. The number of rotatable bonds is 2. The highest BCUT2D eigenvalue weighted by Gasteiger charge is 2.58. The molecular formula is C11H14N2O6. The Kier molecular flexibility index (Phi) is 2.82. The van der Waals surface area contributed by atoms with Crippen molar-refractivity contribution in [1.82, 2.24) is 9.55 Å². The predicted octanol–water partition coefficient (Wildman–Crippen LogP) is -2.05. The number of H-pyrrole nitrogens is 1. The molecule has 2 aliphatic heterocycles. The van der Waals surface area contributed by atoms with Gasteiger partial charge in [0.1, 0.15) is 17.8 Å². The van der Waals surface area contributed by atoms with E-state index >= 15 is 0 Å². The van der Waals surface area contributed by atoms with Crippen molar-refractivity contribution in [2.75, 3.05) is 13.2 Å². The van der Waals surface area contributed by atoms with E-state index < -0.39 is 35.3 Å². The molecule has 0 aliphatic carbocycles. The molecular weight excluding hydrogens is 256 g/mol. The van der Waals surface area contributed by atoms with Crippen molar-refractivity contribution < 1.29 is 19.7 Å². The highest BCUT2D eigenvalue weighted by atomic mass is 16.6. The van der Waals surface area contributed by atoms with Crippen LogP contribution in [0.1, 0.15) is 12.6 Å². The average Bonchev–Trinajstić information content (AvgIpc) is 2.56. The molecule has 3 rings (SSSR count). The lowest BCUT2D eigenvalue weighted by Crippen LogP contribution is -2.51. The van der Waals surface area contributed by atoms with Gasteiger partial charge in [0.05, 0.1) is 13.2 Å². The summed E-state index contributed by atoms with van der Waals surface area (Å²) in [5, 5.41) is 19.6. The monoisotopic (exact) mass is 270 g/mol. The number of aromatic nitrogens is 2. The summed E-state index contributed by atoms with van der Waals surface area (Å²) in [7, 11) is 0. The molecule has 0 radical (unpaired) electrons. The topological polar surface area (TPSA) is 114 Å². The first-order valence-electron chi connectivity index (χ1n) is 5.97. The van der Waals surface area contributed by atoms with E-state index in [4.69, 9.17) is 9.47 Å². The Morgan fingerprint density at radius 2 is 2.32 bits per heavy atom. The molecule has 0 saturated carbocycles. The fourth-order valence-corrected chi connectivity index (χ4v) is 2.63. The SMILES string of the molecule is O=c1ccn(C2OC3(CO)CCOC2C3O)c(=O)[nH]1. The molecule has 2 saturated heterocycles. The Morgan fingerprint density at radius 1 is 1.53 bits per heavy atom. The predicted molar refractivity (Wildman–Crippen MR) is 61.6 cm³/mol. The summed E-state index contributed by atoms with van der Waals surface area (Å²) < 4.78 is 12.2. The first-order chi connectivity index (χ1) is 9.07. The molecule has 8 nitrogen and oxygen atoms in total. The van der Waals surface area contributed by atoms with E-state index in [-0.39, 0.29) is 6.61 Å². The molecule has 2 fully saturated rings. The summed E-state index contributed by atoms with van der Waals surface area (Å²) in [6, 6.07) is 1.19. The van der Waals surface area contributed by atoms with Crippen LogP contribution in [0.25, 0.3) is 0 Å². The average molecular weight is 270 g/mol. The summed E-state index contributed by atoms with van der Waals surface area (Å²) in [5.41, 5.74) is -2.27. The van der Waals surface area contributed by atoms with Gasteiger partial charge in [-0.1, -0.05) is 0 Å². The van der Waals surface area contributed by atoms with Crippen LogP contribution in [0.4, 0.5) is 0 Å². The zero-order valence-corrected chi connectivity index (χ0v) is 9.98. The van der Waals surface area contributed by atoms with Gasteiger partial charge in [-0.05, 0) is 0 Å². The maximum absolute atomic E-state index is 11.7. The summed E-state index contributed by atoms with van der Waals surface area (Å²) in [4.78, 5) is 24.9. The van der Waals surface area contributed by atoms with Crippen LogP contribution in [-0.2, 0) is 9.47 Å². The molecule has 0 amide bonds. The summed E-state index contributed by atoms with van der Waals surface area (Å²) in [6.45, 7) is -0.0283. The van der Waals surface area contributed by atoms with E-state index in [0.29, 0.717) is 13.0 Å². The Morgan fingerprint density at radius 3 is 2.95 bits per heavy atom. The number of nitrogens with zero attached hydrogens (tertiary/aromatic N) is 1. The molecule has 1 aromatic rings. The third-order valence-corrected chi connectivity index (χ3v) is 3.72. The number of aliphatic hydroxyl groups is 2. The van der Waals surface area contributed by atoms with Crippen LogP contribution in [0.3, 0.4) is 0 Å². The van der Waals surface area contributed by atoms with Crippen molar-refractivity contribution in [1.29, 1.82) is 0 Å². The van der Waals surface area contributed by atoms with E-state index in [0.717, 1.165) is 4.57 Å². The molecule has 104 valence electrons. The Hall–Kier alpha value is -1.48. The lowest BCUT2D eigenvalue weighted by atomic mass is 9.90. The van der Waals surface area contributed by atoms with Crippen LogP contribution in [0, 0.1) is 0 Å². The fourth-order valence-electron chi connectivity index (χ4n) is 2.63. The van der Waals surface area contributed by atoms with Crippen LogP contribution in [0.5, 0.6) is 0 Å². The molecule has 1 aromatic heterocycles. The highest BCUT2D eigenvalue weighted by molar-refractivity contribution is 5.04. The van der Waals surface area contributed by atoms with Gasteiger partial charge in [-0.3, -0.25) is 14.3 Å². The van der Waals surface area contributed by atoms with Gasteiger partial charge >= 0.3 is 5.69 Å². The standard InChI is InChI=1S/C11H14N2O6/c14-5-11-2-4-18-7(8(11)16)9(19-11)13-3-1-6(15)12-10(13)17/h1,3,7-9,14,16H,2,4-5H2,(H,12,15,17). The minimum Gasteiger partial charge on any atom is -0.393 e. The van der Waals surface area contributed by atoms with Gasteiger partial charge in [0.25, 0.3) is 5.56 Å². The quantitative estimate of drug-likeness (QED) is 0.570. The van der Waals surface area contributed by atoms with Crippen molar-refractivity contribution in [2.45, 2.75) is 30.5 Å². The van der Waals surface area contributed by atoms with Gasteiger partial charge in [-0.25, -0.2) is 4.79 Å². The Bertz CT molecular complexity index is 595. The minimum absolute atomic E-state index is 0.330. The first-order valence-corrected chi connectivity index (χ1v) is 5.97. The molecule has 8 heteroatoms. The van der Waals surface area contributed by atoms with Gasteiger partial charge in [0.2, 0.25) is 0 Å². The number of aliphatic hydroxyl groups excluding tert-OH is 2. The van der Waals surface area contributed by atoms with E-state index in [1.807, 2.05) is 0 Å². The highest BCUT2D eigenvalue weighted by Crippen LogP contribution is 2.43. The molecule has 2 bridgehead atoms. The lowest BCUT2D eigenvalue weighted by molar-refractivity contribution is -0.144. The molecule has 19 heavy (non-hydrogen) atoms. The second kappa shape index (κ2) is 4.27. The third kappa shape index (κ3) is 1.76. The smallest absolute Gasteiger partial charge is 0.330 e. The zero-order chi connectivity index (χ0) is 13.6. The number of fused-ring (bicyclic) bond motifs is 2. The van der Waals surface area contributed by atoms with Crippen molar-refractivity contribution >= 4 is 0 Å². The maximum atomic E-state index is 11.7. The van der Waals surface area contributed by atoms with Gasteiger partial charge in [-0.15, -0.1) is 0 Å². The number of aromatic amines is 1. The zero-order valence-electron chi connectivity index (χ0n) is 9.98. The number of ether oxygens (including phenoxy) is 2. The van der Waals surface area contributed by atoms with Crippen LogP contribution in [0.2, 0.25) is 0 Å². The second-order valence-corrected chi connectivity index (χ2v) is 4.78. The van der Waals surface area contributed by atoms with Crippen molar-refractivity contribution in [2.24, 2.45) is 0 Å². The largest absolute Gasteiger partial charge is 0.393 e. The maximum Gasteiger partial charge on any atom is 0.330 e. The van der Waals surface area contributed by atoms with Crippen molar-refractivity contribution in [3.05, 3.63) is 33.1 Å². The van der Waals surface area contributed by atoms with E-state index in [1.165, 1.54) is 12.3 Å². The Balaban J connectivity index is 2.03. The van der Waals surface area contributed by atoms with E-state index in [9.17, 15) is 19.8 Å². The van der Waals surface area contributed by atoms with Gasteiger partial charge in [0, 0.05) is 18.7 Å². The van der Waals surface area contributed by atoms with Gasteiger partial charge < -0.3 is 19.7 Å². The second-order valence-electron chi connectivity index (χ2n) is 4.78. The van der Waals surface area contributed by atoms with Crippen molar-refractivity contribution in [3.8, 4) is 0 Å². The lowest BCUT2D eigenvalue weighted by Gasteiger charge is -2.33. The molecule has 2 aliphatic rings. The molecule has 3 N–H and O–H groups in total. The van der Waals surface area contributed by atoms with E-state index in [1.54, 1.807) is 0 Å². The van der Waals surface area contributed by atoms with Crippen LogP contribution in [0.15, 0.2) is 21.9 Å². The third-order valence-electron chi connectivity index (χ3n) is 3.72. The minimum atomic E-state index is -1.11. The van der Waals surface area contributed by atoms with Crippen LogP contribution >= 0.6 is 0 Å². The van der Waals surface area contributed by atoms with Crippen LogP contribution in [-0.4, -0.2) is 50.8 Å².